The van der Waals surface area contributed by atoms with Gasteiger partial charge in [0.1, 0.15) is 0 Å². The zero-order chi connectivity index (χ0) is 50.5. The summed E-state index contributed by atoms with van der Waals surface area (Å²) in [6.07, 6.45) is 0. The zero-order valence-electron chi connectivity index (χ0n) is 43.8. The second kappa shape index (κ2) is 15.8. The third-order valence-corrected chi connectivity index (χ3v) is 18.2. The highest BCUT2D eigenvalue weighted by molar-refractivity contribution is 5.94. The molecule has 14 rings (SSSR count). The highest BCUT2D eigenvalue weighted by Crippen LogP contribution is 2.62. The summed E-state index contributed by atoms with van der Waals surface area (Å²) in [5.74, 6) is 0.135. The maximum atomic E-state index is 2.55. The lowest BCUT2D eigenvalue weighted by Crippen LogP contribution is -2.38. The SMILES string of the molecule is CC1(C)c2cc(-c3ccccc3)ccc2C2c3ccc(-c4ccccc4)cc3C(C)(C)c3cc(-c4cccc(-c5ccc(-c6cc7c8c(c6)C(C)(C)c6ccccc6N8c6ccccc6C7(C)C)cc5)c4)cc1c32. The van der Waals surface area contributed by atoms with E-state index >= 15 is 0 Å². The molecule has 1 nitrogen and oxygen atoms in total. The van der Waals surface area contributed by atoms with Gasteiger partial charge in [-0.1, -0.05) is 219 Å². The summed E-state index contributed by atoms with van der Waals surface area (Å²) in [4.78, 5) is 2.55. The molecule has 2 aliphatic carbocycles. The van der Waals surface area contributed by atoms with Gasteiger partial charge in [0.2, 0.25) is 0 Å². The normalized spacial score (nSPS) is 16.5. The highest BCUT2D eigenvalue weighted by atomic mass is 15.2. The molecule has 0 aromatic heterocycles. The molecular formula is C73H61N. The van der Waals surface area contributed by atoms with E-state index in [-0.39, 0.29) is 27.6 Å². The van der Waals surface area contributed by atoms with E-state index in [9.17, 15) is 0 Å². The van der Waals surface area contributed by atoms with Crippen molar-refractivity contribution in [1.29, 1.82) is 0 Å². The molecule has 74 heavy (non-hydrogen) atoms. The Labute approximate surface area is 437 Å². The third kappa shape index (κ3) is 6.35. The fraction of sp³-hybridized carbons (Fsp3) is 0.178. The Hall–Kier alpha value is -8.00. The number of rotatable bonds is 5. The maximum absolute atomic E-state index is 2.55. The van der Waals surface area contributed by atoms with E-state index < -0.39 is 0 Å². The van der Waals surface area contributed by atoms with Gasteiger partial charge >= 0.3 is 0 Å². The Kier molecular flexibility index (Phi) is 9.51. The number of hydrogen-bond donors (Lipinski definition) is 0. The van der Waals surface area contributed by atoms with Crippen LogP contribution >= 0.6 is 0 Å². The van der Waals surface area contributed by atoms with E-state index in [4.69, 9.17) is 0 Å². The molecule has 2 aliphatic heterocycles. The van der Waals surface area contributed by atoms with Crippen LogP contribution in [0.3, 0.4) is 0 Å². The average Bonchev–Trinajstić information content (AvgIpc) is 3.47. The monoisotopic (exact) mass is 951 g/mol. The molecule has 0 bridgehead atoms. The fourth-order valence-corrected chi connectivity index (χ4v) is 14.0. The molecule has 358 valence electrons. The smallest absolute Gasteiger partial charge is 0.0544 e. The average molecular weight is 952 g/mol. The van der Waals surface area contributed by atoms with E-state index in [2.05, 4.69) is 279 Å². The quantitative estimate of drug-likeness (QED) is 0.166. The molecule has 10 aromatic carbocycles. The van der Waals surface area contributed by atoms with Gasteiger partial charge < -0.3 is 4.90 Å². The van der Waals surface area contributed by atoms with Crippen LogP contribution in [0.1, 0.15) is 123 Å². The van der Waals surface area contributed by atoms with Crippen LogP contribution < -0.4 is 4.90 Å². The summed E-state index contributed by atoms with van der Waals surface area (Å²) in [7, 11) is 0. The molecule has 0 amide bonds. The minimum atomic E-state index is -0.244. The van der Waals surface area contributed by atoms with Gasteiger partial charge in [-0.2, -0.15) is 0 Å². The van der Waals surface area contributed by atoms with Gasteiger partial charge in [-0.15, -0.1) is 0 Å². The molecule has 0 saturated carbocycles. The van der Waals surface area contributed by atoms with Crippen LogP contribution in [-0.2, 0) is 21.7 Å². The number of hydrogen-bond acceptors (Lipinski definition) is 1. The van der Waals surface area contributed by atoms with Crippen LogP contribution in [-0.4, -0.2) is 0 Å². The first kappa shape index (κ1) is 44.7. The maximum Gasteiger partial charge on any atom is 0.0544 e. The lowest BCUT2D eigenvalue weighted by atomic mass is 9.55. The minimum absolute atomic E-state index is 0.135. The minimum Gasteiger partial charge on any atom is -0.309 e. The van der Waals surface area contributed by atoms with Crippen molar-refractivity contribution in [2.45, 2.75) is 83.0 Å². The van der Waals surface area contributed by atoms with Crippen molar-refractivity contribution in [3.8, 4) is 55.6 Å². The van der Waals surface area contributed by atoms with Gasteiger partial charge in [0, 0.05) is 27.6 Å². The molecule has 0 unspecified atom stereocenters. The van der Waals surface area contributed by atoms with Crippen molar-refractivity contribution in [2.24, 2.45) is 0 Å². The van der Waals surface area contributed by atoms with Gasteiger partial charge in [-0.25, -0.2) is 0 Å². The largest absolute Gasteiger partial charge is 0.309 e. The van der Waals surface area contributed by atoms with Gasteiger partial charge in [0.15, 0.2) is 0 Å². The molecule has 10 aromatic rings. The number of fused-ring (bicyclic) bond motifs is 8. The van der Waals surface area contributed by atoms with Gasteiger partial charge in [0.05, 0.1) is 17.1 Å². The van der Waals surface area contributed by atoms with Crippen molar-refractivity contribution < 1.29 is 0 Å². The summed E-state index contributed by atoms with van der Waals surface area (Å²) in [5.41, 5.74) is 31.0. The van der Waals surface area contributed by atoms with E-state index in [1.807, 2.05) is 0 Å². The molecule has 2 heterocycles. The molecular weight excluding hydrogens is 891 g/mol. The van der Waals surface area contributed by atoms with Crippen molar-refractivity contribution in [3.63, 3.8) is 0 Å². The number of anilines is 3. The Morgan fingerprint density at radius 1 is 0.257 bits per heavy atom. The fourth-order valence-electron chi connectivity index (χ4n) is 14.0. The molecule has 0 atom stereocenters. The molecule has 0 fully saturated rings. The van der Waals surface area contributed by atoms with Crippen molar-refractivity contribution in [1.82, 2.24) is 0 Å². The van der Waals surface area contributed by atoms with E-state index in [0.717, 1.165) is 0 Å². The Balaban J connectivity index is 0.882. The third-order valence-electron chi connectivity index (χ3n) is 18.2. The summed E-state index contributed by atoms with van der Waals surface area (Å²) >= 11 is 0. The topological polar surface area (TPSA) is 3.24 Å². The molecule has 0 spiro atoms. The van der Waals surface area contributed by atoms with Crippen molar-refractivity contribution in [2.75, 3.05) is 4.90 Å². The van der Waals surface area contributed by atoms with E-state index in [1.54, 1.807) is 0 Å². The van der Waals surface area contributed by atoms with Crippen LogP contribution in [0.15, 0.2) is 218 Å². The van der Waals surface area contributed by atoms with Crippen molar-refractivity contribution in [3.05, 3.63) is 280 Å². The lowest BCUT2D eigenvalue weighted by molar-refractivity contribution is 0.548. The molecule has 0 saturated heterocycles. The zero-order valence-corrected chi connectivity index (χ0v) is 43.8. The molecule has 1 heteroatoms. The first-order valence-corrected chi connectivity index (χ1v) is 26.7. The highest BCUT2D eigenvalue weighted by Gasteiger charge is 2.48. The summed E-state index contributed by atoms with van der Waals surface area (Å²) in [6.45, 7) is 19.5. The van der Waals surface area contributed by atoms with E-state index in [1.165, 1.54) is 134 Å². The van der Waals surface area contributed by atoms with Crippen LogP contribution in [0.2, 0.25) is 0 Å². The van der Waals surface area contributed by atoms with E-state index in [0.29, 0.717) is 0 Å². The Bertz CT molecular complexity index is 3730. The van der Waals surface area contributed by atoms with Crippen LogP contribution in [0.25, 0.3) is 55.6 Å². The van der Waals surface area contributed by atoms with Gasteiger partial charge in [-0.05, 0) is 171 Å². The first-order chi connectivity index (χ1) is 35.7. The molecule has 0 N–H and O–H groups in total. The Morgan fingerprint density at radius 3 is 1.07 bits per heavy atom. The predicted molar refractivity (Wildman–Crippen MR) is 311 cm³/mol. The van der Waals surface area contributed by atoms with Crippen LogP contribution in [0.5, 0.6) is 0 Å². The number of benzene rings is 10. The summed E-state index contributed by atoms with van der Waals surface area (Å²) in [6, 6.07) is 83.1. The van der Waals surface area contributed by atoms with Crippen molar-refractivity contribution >= 4 is 17.1 Å². The second-order valence-corrected chi connectivity index (χ2v) is 23.7. The van der Waals surface area contributed by atoms with Crippen LogP contribution in [0, 0.1) is 0 Å². The predicted octanol–water partition coefficient (Wildman–Crippen LogP) is 19.2. The second-order valence-electron chi connectivity index (χ2n) is 23.7. The molecule has 4 aliphatic rings. The van der Waals surface area contributed by atoms with Gasteiger partial charge in [0.25, 0.3) is 0 Å². The lowest BCUT2D eigenvalue weighted by Gasteiger charge is -2.49. The number of para-hydroxylation sites is 2. The number of nitrogens with zero attached hydrogens (tertiary/aromatic N) is 1. The first-order valence-electron chi connectivity index (χ1n) is 26.7. The Morgan fingerprint density at radius 2 is 0.581 bits per heavy atom. The van der Waals surface area contributed by atoms with Gasteiger partial charge in [-0.3, -0.25) is 0 Å². The van der Waals surface area contributed by atoms with Crippen LogP contribution in [0.4, 0.5) is 17.1 Å². The summed E-state index contributed by atoms with van der Waals surface area (Å²) in [5, 5.41) is 0. The molecule has 0 radical (unpaired) electrons. The summed E-state index contributed by atoms with van der Waals surface area (Å²) < 4.78 is 0. The standard InChI is InChI=1S/C73H61N/c1-70(2)57-26-15-17-28-65(57)74-66-29-18-16-27-58(66)71(3,4)64-44-53(43-63(70)69(64)74)48-32-30-47(31-33-48)49-24-19-25-50(38-49)54-41-61-68-62(42-54)73(7,8)60-40-52(46-22-13-10-14-23-46)35-37-56(60)67(68)55-36-34-51(39-59(55)72(61,5)6)45-20-11-9-12-21-45/h9-44,67H,1-8H3.